The number of amides is 1. The number of nitrogens with one attached hydrogen (secondary N) is 1. The fourth-order valence-electron chi connectivity index (χ4n) is 4.46. The highest BCUT2D eigenvalue weighted by Gasteiger charge is 2.37. The van der Waals surface area contributed by atoms with E-state index in [1.165, 1.54) is 31.2 Å². The maximum Gasteiger partial charge on any atom is 0.223 e. The van der Waals surface area contributed by atoms with Crippen LogP contribution in [0.5, 0.6) is 0 Å². The van der Waals surface area contributed by atoms with E-state index in [0.29, 0.717) is 12.5 Å². The lowest BCUT2D eigenvalue weighted by Crippen LogP contribution is -2.42. The molecule has 0 saturated heterocycles. The number of hydrogen-bond donors (Lipinski definition) is 2. The zero-order valence-electron chi connectivity index (χ0n) is 13.4. The van der Waals surface area contributed by atoms with Crippen LogP contribution >= 0.6 is 0 Å². The van der Waals surface area contributed by atoms with Crippen LogP contribution in [-0.2, 0) is 10.2 Å². The number of nitrogens with two attached hydrogens (primary N) is 1. The quantitative estimate of drug-likeness (QED) is 0.878. The first kappa shape index (κ1) is 15.5. The Morgan fingerprint density at radius 2 is 1.86 bits per heavy atom. The molecular weight excluding hydrogens is 272 g/mol. The van der Waals surface area contributed by atoms with Crippen molar-refractivity contribution in [1.29, 1.82) is 0 Å². The summed E-state index contributed by atoms with van der Waals surface area (Å²) in [5.41, 5.74) is 7.35. The van der Waals surface area contributed by atoms with Crippen LogP contribution in [0.4, 0.5) is 0 Å². The van der Waals surface area contributed by atoms with Crippen molar-refractivity contribution in [3.8, 4) is 0 Å². The predicted octanol–water partition coefficient (Wildman–Crippen LogP) is 2.99. The van der Waals surface area contributed by atoms with Gasteiger partial charge in [0.25, 0.3) is 0 Å². The minimum absolute atomic E-state index is 0.138. The van der Waals surface area contributed by atoms with Crippen LogP contribution < -0.4 is 11.1 Å². The summed E-state index contributed by atoms with van der Waals surface area (Å²) < 4.78 is 0. The molecule has 2 fully saturated rings. The lowest BCUT2D eigenvalue weighted by molar-refractivity contribution is -0.126. The molecule has 22 heavy (non-hydrogen) atoms. The zero-order chi connectivity index (χ0) is 15.4. The van der Waals surface area contributed by atoms with Gasteiger partial charge in [0.1, 0.15) is 0 Å². The second-order valence-corrected chi connectivity index (χ2v) is 7.10. The Hall–Kier alpha value is -1.35. The van der Waals surface area contributed by atoms with Crippen molar-refractivity contribution in [1.82, 2.24) is 5.32 Å². The molecule has 1 aromatic carbocycles. The summed E-state index contributed by atoms with van der Waals surface area (Å²) in [7, 11) is 0. The van der Waals surface area contributed by atoms with Crippen molar-refractivity contribution in [3.05, 3.63) is 35.9 Å². The van der Waals surface area contributed by atoms with Gasteiger partial charge in [0, 0.05) is 17.9 Å². The minimum Gasteiger partial charge on any atom is -0.355 e. The molecule has 1 amide bonds. The Bertz CT molecular complexity index is 493. The number of benzene rings is 1. The van der Waals surface area contributed by atoms with Crippen molar-refractivity contribution >= 4 is 5.91 Å². The van der Waals surface area contributed by atoms with Crippen LogP contribution in [0, 0.1) is 11.8 Å². The summed E-state index contributed by atoms with van der Waals surface area (Å²) in [5, 5.41) is 3.28. The van der Waals surface area contributed by atoms with Gasteiger partial charge in [0.05, 0.1) is 0 Å². The number of carbonyl (C=O) groups excluding carboxylic acids is 1. The van der Waals surface area contributed by atoms with Gasteiger partial charge in [0.15, 0.2) is 0 Å². The van der Waals surface area contributed by atoms with E-state index in [4.69, 9.17) is 5.73 Å². The van der Waals surface area contributed by atoms with Crippen LogP contribution in [0.25, 0.3) is 0 Å². The van der Waals surface area contributed by atoms with Gasteiger partial charge >= 0.3 is 0 Å². The maximum absolute atomic E-state index is 12.6. The van der Waals surface area contributed by atoms with Gasteiger partial charge in [0.2, 0.25) is 5.91 Å². The molecule has 0 unspecified atom stereocenters. The average Bonchev–Trinajstić information content (AvgIpc) is 3.23. The predicted molar refractivity (Wildman–Crippen MR) is 89.5 cm³/mol. The Morgan fingerprint density at radius 1 is 1.14 bits per heavy atom. The Kier molecular flexibility index (Phi) is 4.82. The molecule has 3 rings (SSSR count). The van der Waals surface area contributed by atoms with E-state index in [1.54, 1.807) is 0 Å². The molecule has 2 saturated carbocycles. The highest BCUT2D eigenvalue weighted by Crippen LogP contribution is 2.40. The standard InChI is InChI=1S/C19H28N2O/c20-13-15-7-6-10-17(15)18(22)21-14-19(11-4-5-12-19)16-8-2-1-3-9-16/h1-3,8-9,15,17H,4-7,10-14,20H2,(H,21,22)/t15-,17-/m1/s1. The number of carbonyl (C=O) groups is 1. The largest absolute Gasteiger partial charge is 0.355 e. The first-order valence-electron chi connectivity index (χ1n) is 8.78. The summed E-state index contributed by atoms with van der Waals surface area (Å²) >= 11 is 0. The van der Waals surface area contributed by atoms with Crippen molar-refractivity contribution in [2.24, 2.45) is 17.6 Å². The molecule has 2 atom stereocenters. The van der Waals surface area contributed by atoms with Gasteiger partial charge in [-0.05, 0) is 43.7 Å². The molecule has 3 heteroatoms. The van der Waals surface area contributed by atoms with Gasteiger partial charge in [-0.2, -0.15) is 0 Å². The fraction of sp³-hybridized carbons (Fsp3) is 0.632. The molecule has 0 bridgehead atoms. The number of rotatable bonds is 5. The van der Waals surface area contributed by atoms with Crippen LogP contribution in [0.3, 0.4) is 0 Å². The van der Waals surface area contributed by atoms with Crippen LogP contribution in [-0.4, -0.2) is 19.0 Å². The third kappa shape index (κ3) is 3.05. The lowest BCUT2D eigenvalue weighted by Gasteiger charge is -2.31. The van der Waals surface area contributed by atoms with Crippen molar-refractivity contribution in [2.45, 2.75) is 50.4 Å². The Balaban J connectivity index is 1.66. The first-order chi connectivity index (χ1) is 10.7. The Morgan fingerprint density at radius 3 is 2.55 bits per heavy atom. The van der Waals surface area contributed by atoms with Crippen molar-refractivity contribution < 1.29 is 4.79 Å². The summed E-state index contributed by atoms with van der Waals surface area (Å²) in [6.07, 6.45) is 8.15. The normalized spacial score (nSPS) is 27.0. The van der Waals surface area contributed by atoms with Gasteiger partial charge in [-0.15, -0.1) is 0 Å². The van der Waals surface area contributed by atoms with E-state index in [9.17, 15) is 4.79 Å². The molecule has 0 spiro atoms. The third-order valence-electron chi connectivity index (χ3n) is 5.85. The molecule has 2 aliphatic rings. The summed E-state index contributed by atoms with van der Waals surface area (Å²) in [6, 6.07) is 10.7. The van der Waals surface area contributed by atoms with E-state index in [1.807, 2.05) is 0 Å². The monoisotopic (exact) mass is 300 g/mol. The second kappa shape index (κ2) is 6.82. The summed E-state index contributed by atoms with van der Waals surface area (Å²) in [6.45, 7) is 1.42. The minimum atomic E-state index is 0.138. The average molecular weight is 300 g/mol. The molecule has 1 aromatic rings. The van der Waals surface area contributed by atoms with E-state index in [2.05, 4.69) is 35.6 Å². The molecule has 2 aliphatic carbocycles. The Labute approximate surface area is 133 Å². The van der Waals surface area contributed by atoms with Gasteiger partial charge in [-0.25, -0.2) is 0 Å². The second-order valence-electron chi connectivity index (χ2n) is 7.10. The van der Waals surface area contributed by atoms with E-state index in [-0.39, 0.29) is 17.2 Å². The molecule has 3 nitrogen and oxygen atoms in total. The molecule has 3 N–H and O–H groups in total. The first-order valence-corrected chi connectivity index (χ1v) is 8.78. The maximum atomic E-state index is 12.6. The third-order valence-corrected chi connectivity index (χ3v) is 5.85. The lowest BCUT2D eigenvalue weighted by atomic mass is 9.78. The van der Waals surface area contributed by atoms with Gasteiger partial charge in [-0.3, -0.25) is 4.79 Å². The summed E-state index contributed by atoms with van der Waals surface area (Å²) in [4.78, 5) is 12.6. The molecule has 0 aromatic heterocycles. The summed E-state index contributed by atoms with van der Waals surface area (Å²) in [5.74, 6) is 0.755. The highest BCUT2D eigenvalue weighted by atomic mass is 16.1. The van der Waals surface area contributed by atoms with Crippen LogP contribution in [0.15, 0.2) is 30.3 Å². The molecule has 0 radical (unpaired) electrons. The van der Waals surface area contributed by atoms with E-state index in [0.717, 1.165) is 25.8 Å². The SMILES string of the molecule is NC[C@H]1CCC[C@H]1C(=O)NCC1(c2ccccc2)CCCC1. The molecule has 0 aliphatic heterocycles. The fourth-order valence-corrected chi connectivity index (χ4v) is 4.46. The van der Waals surface area contributed by atoms with E-state index < -0.39 is 0 Å². The zero-order valence-corrected chi connectivity index (χ0v) is 13.4. The van der Waals surface area contributed by atoms with Gasteiger partial charge < -0.3 is 11.1 Å². The smallest absolute Gasteiger partial charge is 0.223 e. The molecular formula is C19H28N2O. The van der Waals surface area contributed by atoms with Gasteiger partial charge in [-0.1, -0.05) is 49.6 Å². The van der Waals surface area contributed by atoms with Crippen LogP contribution in [0.2, 0.25) is 0 Å². The molecule has 0 heterocycles. The topological polar surface area (TPSA) is 55.1 Å². The van der Waals surface area contributed by atoms with E-state index >= 15 is 0 Å². The molecule has 120 valence electrons. The van der Waals surface area contributed by atoms with Crippen molar-refractivity contribution in [3.63, 3.8) is 0 Å². The highest BCUT2D eigenvalue weighted by molar-refractivity contribution is 5.79. The van der Waals surface area contributed by atoms with Crippen LogP contribution in [0.1, 0.15) is 50.5 Å². The number of hydrogen-bond acceptors (Lipinski definition) is 2. The van der Waals surface area contributed by atoms with Crippen molar-refractivity contribution in [2.75, 3.05) is 13.1 Å².